The number of hydrogen-bond donors (Lipinski definition) is 1. The molecule has 0 spiro atoms. The van der Waals surface area contributed by atoms with Gasteiger partial charge in [-0.05, 0) is 45.4 Å². The van der Waals surface area contributed by atoms with Crippen LogP contribution in [0.2, 0.25) is 0 Å². The molecule has 0 radical (unpaired) electrons. The summed E-state index contributed by atoms with van der Waals surface area (Å²) in [6.07, 6.45) is 2.29. The van der Waals surface area contributed by atoms with Crippen LogP contribution in [0.15, 0.2) is 34.2 Å². The molecule has 3 aromatic heterocycles. The van der Waals surface area contributed by atoms with Gasteiger partial charge in [-0.3, -0.25) is 9.69 Å². The average Bonchev–Trinajstić information content (AvgIpc) is 3.46. The summed E-state index contributed by atoms with van der Waals surface area (Å²) in [6, 6.07) is 5.32. The van der Waals surface area contributed by atoms with Gasteiger partial charge < -0.3 is 19.2 Å². The second kappa shape index (κ2) is 10.5. The minimum atomic E-state index is -0.676. The van der Waals surface area contributed by atoms with Gasteiger partial charge in [0.2, 0.25) is 5.91 Å². The molecule has 3 aromatic rings. The molecule has 1 N–H and O–H groups in total. The Morgan fingerprint density at radius 2 is 2.21 bits per heavy atom. The third kappa shape index (κ3) is 6.14. The second-order valence-electron chi connectivity index (χ2n) is 7.56. The molecule has 1 unspecified atom stereocenters. The predicted molar refractivity (Wildman–Crippen MR) is 122 cm³/mol. The molecule has 0 saturated carbocycles. The molecule has 1 fully saturated rings. The van der Waals surface area contributed by atoms with Crippen molar-refractivity contribution in [2.45, 2.75) is 32.8 Å². The Hall–Kier alpha value is -3.31. The number of carbonyl (C=O) groups is 2. The highest BCUT2D eigenvalue weighted by atomic mass is 32.1. The number of piperidine rings is 1. The van der Waals surface area contributed by atoms with Crippen molar-refractivity contribution in [1.82, 2.24) is 19.9 Å². The molecule has 10 nitrogen and oxygen atoms in total. The lowest BCUT2D eigenvalue weighted by Crippen LogP contribution is -2.44. The van der Waals surface area contributed by atoms with Crippen LogP contribution in [0.1, 0.15) is 25.5 Å². The number of anilines is 1. The lowest BCUT2D eigenvalue weighted by Gasteiger charge is -2.31. The van der Waals surface area contributed by atoms with Crippen molar-refractivity contribution < 1.29 is 23.5 Å². The first-order valence-corrected chi connectivity index (χ1v) is 11.6. The Morgan fingerprint density at radius 3 is 2.94 bits per heavy atom. The molecule has 0 aliphatic carbocycles. The van der Waals surface area contributed by atoms with Gasteiger partial charge in [-0.2, -0.15) is 0 Å². The zero-order valence-electron chi connectivity index (χ0n) is 18.4. The third-order valence-electron chi connectivity index (χ3n) is 4.96. The van der Waals surface area contributed by atoms with E-state index in [0.717, 1.165) is 25.1 Å². The number of nitrogens with zero attached hydrogens (tertiary/aromatic N) is 4. The zero-order valence-corrected chi connectivity index (χ0v) is 19.3. The van der Waals surface area contributed by atoms with E-state index in [9.17, 15) is 9.59 Å². The molecule has 4 heterocycles. The number of thiazole rings is 1. The Kier molecular flexibility index (Phi) is 7.30. The third-order valence-corrected chi connectivity index (χ3v) is 5.76. The van der Waals surface area contributed by atoms with E-state index < -0.39 is 6.16 Å². The first-order valence-electron chi connectivity index (χ1n) is 10.7. The predicted octanol–water partition coefficient (Wildman–Crippen LogP) is 3.74. The van der Waals surface area contributed by atoms with Crippen LogP contribution in [0, 0.1) is 6.92 Å². The molecular weight excluding hydrogens is 446 g/mol. The van der Waals surface area contributed by atoms with Crippen molar-refractivity contribution in [2.75, 3.05) is 31.6 Å². The maximum atomic E-state index is 12.8. The van der Waals surface area contributed by atoms with Crippen LogP contribution in [0.25, 0.3) is 22.3 Å². The number of nitrogens with one attached hydrogen (secondary N) is 1. The van der Waals surface area contributed by atoms with Gasteiger partial charge in [0, 0.05) is 24.2 Å². The van der Waals surface area contributed by atoms with E-state index in [-0.39, 0.29) is 25.2 Å². The second-order valence-corrected chi connectivity index (χ2v) is 8.45. The van der Waals surface area contributed by atoms with E-state index in [4.69, 9.17) is 13.9 Å². The number of rotatable bonds is 7. The number of aryl methyl sites for hydroxylation is 1. The van der Waals surface area contributed by atoms with Crippen LogP contribution in [0.5, 0.6) is 0 Å². The number of carbonyl (C=O) groups excluding carboxylic acids is 2. The Balaban J connectivity index is 1.45. The summed E-state index contributed by atoms with van der Waals surface area (Å²) < 4.78 is 15.8. The van der Waals surface area contributed by atoms with Crippen LogP contribution in [-0.4, -0.2) is 64.3 Å². The molecule has 1 amide bonds. The normalized spacial score (nSPS) is 16.4. The first kappa shape index (κ1) is 22.9. The van der Waals surface area contributed by atoms with Crippen LogP contribution >= 0.6 is 11.3 Å². The lowest BCUT2D eigenvalue weighted by molar-refractivity contribution is -0.118. The molecule has 11 heteroatoms. The number of likely N-dealkylation sites (tertiary alicyclic amines) is 1. The summed E-state index contributed by atoms with van der Waals surface area (Å²) in [5, 5.41) is 5.43. The topological polar surface area (TPSA) is 120 Å². The SMILES string of the molecule is CCOC(=O)OC1CCCN(CC(=O)Nc2cc(-c3nccs3)nc(-c3ccc(C)o3)n2)C1. The van der Waals surface area contributed by atoms with Crippen molar-refractivity contribution >= 4 is 29.2 Å². The lowest BCUT2D eigenvalue weighted by atomic mass is 10.1. The largest absolute Gasteiger partial charge is 0.508 e. The summed E-state index contributed by atoms with van der Waals surface area (Å²) in [7, 11) is 0. The van der Waals surface area contributed by atoms with Gasteiger partial charge in [0.05, 0.1) is 13.2 Å². The molecule has 33 heavy (non-hydrogen) atoms. The van der Waals surface area contributed by atoms with E-state index in [1.807, 2.05) is 23.3 Å². The summed E-state index contributed by atoms with van der Waals surface area (Å²) >= 11 is 1.45. The van der Waals surface area contributed by atoms with Gasteiger partial charge in [-0.25, -0.2) is 19.7 Å². The molecule has 0 bridgehead atoms. The fourth-order valence-electron chi connectivity index (χ4n) is 3.56. The number of aromatic nitrogens is 3. The van der Waals surface area contributed by atoms with E-state index in [1.54, 1.807) is 25.3 Å². The van der Waals surface area contributed by atoms with Crippen LogP contribution in [0.3, 0.4) is 0 Å². The summed E-state index contributed by atoms with van der Waals surface area (Å²) in [5.74, 6) is 1.75. The summed E-state index contributed by atoms with van der Waals surface area (Å²) in [4.78, 5) is 39.7. The van der Waals surface area contributed by atoms with Crippen LogP contribution in [0.4, 0.5) is 10.6 Å². The Morgan fingerprint density at radius 1 is 1.33 bits per heavy atom. The highest BCUT2D eigenvalue weighted by molar-refractivity contribution is 7.13. The number of ether oxygens (including phenoxy) is 2. The van der Waals surface area contributed by atoms with Gasteiger partial charge in [0.1, 0.15) is 28.4 Å². The van der Waals surface area contributed by atoms with E-state index in [2.05, 4.69) is 20.3 Å². The fraction of sp³-hybridized carbons (Fsp3) is 0.409. The quantitative estimate of drug-likeness (QED) is 0.514. The maximum absolute atomic E-state index is 12.8. The van der Waals surface area contributed by atoms with Crippen molar-refractivity contribution in [3.05, 3.63) is 35.5 Å². The van der Waals surface area contributed by atoms with E-state index in [0.29, 0.717) is 34.6 Å². The Labute approximate surface area is 195 Å². The molecule has 1 aliphatic rings. The van der Waals surface area contributed by atoms with Gasteiger partial charge in [0.15, 0.2) is 11.6 Å². The van der Waals surface area contributed by atoms with Gasteiger partial charge in [-0.1, -0.05) is 0 Å². The van der Waals surface area contributed by atoms with E-state index in [1.165, 1.54) is 11.3 Å². The van der Waals surface area contributed by atoms with Crippen LogP contribution in [-0.2, 0) is 14.3 Å². The van der Waals surface area contributed by atoms with Crippen molar-refractivity contribution in [2.24, 2.45) is 0 Å². The fourth-order valence-corrected chi connectivity index (χ4v) is 4.16. The molecular formula is C22H25N5O5S. The molecule has 174 valence electrons. The summed E-state index contributed by atoms with van der Waals surface area (Å²) in [5.41, 5.74) is 0.597. The molecule has 1 aliphatic heterocycles. The molecule has 1 atom stereocenters. The van der Waals surface area contributed by atoms with Gasteiger partial charge >= 0.3 is 6.16 Å². The molecule has 0 aromatic carbocycles. The van der Waals surface area contributed by atoms with E-state index >= 15 is 0 Å². The summed E-state index contributed by atoms with van der Waals surface area (Å²) in [6.45, 7) is 5.19. The minimum Gasteiger partial charge on any atom is -0.458 e. The highest BCUT2D eigenvalue weighted by Gasteiger charge is 2.25. The minimum absolute atomic E-state index is 0.147. The average molecular weight is 472 g/mol. The smallest absolute Gasteiger partial charge is 0.458 e. The van der Waals surface area contributed by atoms with Crippen LogP contribution < -0.4 is 5.32 Å². The number of hydrogen-bond acceptors (Lipinski definition) is 10. The van der Waals surface area contributed by atoms with Gasteiger partial charge in [0.25, 0.3) is 0 Å². The maximum Gasteiger partial charge on any atom is 0.508 e. The van der Waals surface area contributed by atoms with Crippen molar-refractivity contribution in [3.8, 4) is 22.3 Å². The zero-order chi connectivity index (χ0) is 23.2. The monoisotopic (exact) mass is 471 g/mol. The van der Waals surface area contributed by atoms with Crippen molar-refractivity contribution in [3.63, 3.8) is 0 Å². The molecule has 4 rings (SSSR count). The molecule has 1 saturated heterocycles. The van der Waals surface area contributed by atoms with Crippen molar-refractivity contribution in [1.29, 1.82) is 0 Å². The number of furan rings is 1. The highest BCUT2D eigenvalue weighted by Crippen LogP contribution is 2.26. The first-order chi connectivity index (χ1) is 16.0. The van der Waals surface area contributed by atoms with Gasteiger partial charge in [-0.15, -0.1) is 11.3 Å². The standard InChI is InChI=1S/C22H25N5O5S/c1-3-30-22(29)32-15-5-4-9-27(12-15)13-19(28)25-18-11-16(21-23-8-10-33-21)24-20(26-18)17-7-6-14(2)31-17/h6-8,10-11,15H,3-5,9,12-13H2,1-2H3,(H,24,25,26,28). The number of amides is 1. The Bertz CT molecular complexity index is 1100.